The first-order chi connectivity index (χ1) is 8.02. The van der Waals surface area contributed by atoms with Crippen molar-refractivity contribution in [2.45, 2.75) is 33.1 Å². The lowest BCUT2D eigenvalue weighted by molar-refractivity contribution is 0.279. The maximum absolute atomic E-state index is 13.8. The summed E-state index contributed by atoms with van der Waals surface area (Å²) in [4.78, 5) is 0. The van der Waals surface area contributed by atoms with Crippen molar-refractivity contribution in [2.24, 2.45) is 5.41 Å². The lowest BCUT2D eigenvalue weighted by Crippen LogP contribution is -2.32. The molecule has 1 nitrogen and oxygen atoms in total. The molecule has 0 spiro atoms. The summed E-state index contributed by atoms with van der Waals surface area (Å²) in [6.07, 6.45) is 2.82. The summed E-state index contributed by atoms with van der Waals surface area (Å²) >= 11 is 6.08. The Bertz CT molecular complexity index is 339. The Morgan fingerprint density at radius 2 is 2.12 bits per heavy atom. The van der Waals surface area contributed by atoms with Crippen molar-refractivity contribution < 1.29 is 4.39 Å². The summed E-state index contributed by atoms with van der Waals surface area (Å²) in [6.45, 7) is 5.19. The molecule has 0 bridgehead atoms. The molecule has 1 aromatic rings. The Morgan fingerprint density at radius 1 is 1.41 bits per heavy atom. The van der Waals surface area contributed by atoms with Gasteiger partial charge in [-0.1, -0.05) is 37.9 Å². The van der Waals surface area contributed by atoms with Crippen molar-refractivity contribution in [3.05, 3.63) is 34.6 Å². The molecule has 0 radical (unpaired) electrons. The van der Waals surface area contributed by atoms with Gasteiger partial charge in [-0.05, 0) is 37.4 Å². The van der Waals surface area contributed by atoms with Crippen LogP contribution < -0.4 is 5.32 Å². The van der Waals surface area contributed by atoms with Crippen LogP contribution in [0, 0.1) is 11.2 Å². The van der Waals surface area contributed by atoms with Gasteiger partial charge in [0.05, 0.1) is 0 Å². The Labute approximate surface area is 108 Å². The van der Waals surface area contributed by atoms with E-state index in [9.17, 15) is 4.39 Å². The third kappa shape index (κ3) is 3.97. The molecular weight excluding hydrogens is 237 g/mol. The lowest BCUT2D eigenvalue weighted by Gasteiger charge is -2.29. The average molecular weight is 258 g/mol. The van der Waals surface area contributed by atoms with Crippen LogP contribution in [0.25, 0.3) is 0 Å². The molecule has 0 amide bonds. The zero-order valence-electron chi connectivity index (χ0n) is 10.8. The van der Waals surface area contributed by atoms with Crippen LogP contribution in [0.4, 0.5) is 4.39 Å². The molecule has 96 valence electrons. The molecule has 0 fully saturated rings. The van der Waals surface area contributed by atoms with Crippen LogP contribution in [0.3, 0.4) is 0 Å². The van der Waals surface area contributed by atoms with E-state index in [4.69, 9.17) is 11.6 Å². The summed E-state index contributed by atoms with van der Waals surface area (Å²) in [5.41, 5.74) is 0.690. The highest BCUT2D eigenvalue weighted by atomic mass is 35.5. The minimum absolute atomic E-state index is 0.0509. The standard InChI is InChI=1S/C14H21ClFN/c1-4-8-14(2,10-17-3)9-11-12(15)6-5-7-13(11)16/h5-7,17H,4,8-10H2,1-3H3. The second kappa shape index (κ2) is 6.36. The predicted octanol–water partition coefficient (Wildman–Crippen LogP) is 4.05. The van der Waals surface area contributed by atoms with E-state index in [1.54, 1.807) is 12.1 Å². The summed E-state index contributed by atoms with van der Waals surface area (Å²) in [6, 6.07) is 4.88. The molecule has 0 aliphatic heterocycles. The van der Waals surface area contributed by atoms with Gasteiger partial charge < -0.3 is 5.32 Å². The lowest BCUT2D eigenvalue weighted by atomic mass is 9.79. The normalized spacial score (nSPS) is 14.6. The summed E-state index contributed by atoms with van der Waals surface area (Å²) in [7, 11) is 1.93. The first-order valence-electron chi connectivity index (χ1n) is 6.10. The van der Waals surface area contributed by atoms with Gasteiger partial charge in [-0.15, -0.1) is 0 Å². The van der Waals surface area contributed by atoms with Crippen LogP contribution in [0.1, 0.15) is 32.3 Å². The molecule has 1 atom stereocenters. The van der Waals surface area contributed by atoms with E-state index in [-0.39, 0.29) is 11.2 Å². The summed E-state index contributed by atoms with van der Waals surface area (Å²) < 4.78 is 13.8. The zero-order chi connectivity index (χ0) is 12.9. The fraction of sp³-hybridized carbons (Fsp3) is 0.571. The van der Waals surface area contributed by atoms with Crippen LogP contribution in [0.5, 0.6) is 0 Å². The number of halogens is 2. The highest BCUT2D eigenvalue weighted by molar-refractivity contribution is 6.31. The summed E-state index contributed by atoms with van der Waals surface area (Å²) in [5.74, 6) is -0.198. The zero-order valence-corrected chi connectivity index (χ0v) is 11.6. The molecule has 0 heterocycles. The molecule has 1 N–H and O–H groups in total. The van der Waals surface area contributed by atoms with Gasteiger partial charge >= 0.3 is 0 Å². The van der Waals surface area contributed by atoms with E-state index in [0.717, 1.165) is 19.4 Å². The van der Waals surface area contributed by atoms with Gasteiger partial charge in [0.15, 0.2) is 0 Å². The molecule has 1 rings (SSSR count). The molecule has 1 unspecified atom stereocenters. The van der Waals surface area contributed by atoms with Crippen molar-refractivity contribution in [1.82, 2.24) is 5.32 Å². The third-order valence-electron chi connectivity index (χ3n) is 3.12. The maximum Gasteiger partial charge on any atom is 0.127 e. The molecule has 1 aromatic carbocycles. The maximum atomic E-state index is 13.8. The van der Waals surface area contributed by atoms with Crippen LogP contribution in [-0.4, -0.2) is 13.6 Å². The van der Waals surface area contributed by atoms with E-state index in [2.05, 4.69) is 19.2 Å². The molecule has 3 heteroatoms. The Kier molecular flexibility index (Phi) is 5.41. The van der Waals surface area contributed by atoms with Crippen LogP contribution >= 0.6 is 11.6 Å². The number of hydrogen-bond donors (Lipinski definition) is 1. The van der Waals surface area contributed by atoms with E-state index in [1.807, 2.05) is 7.05 Å². The molecule has 0 aliphatic rings. The number of rotatable bonds is 6. The SMILES string of the molecule is CCCC(C)(CNC)Cc1c(F)cccc1Cl. The van der Waals surface area contributed by atoms with Gasteiger partial charge in [0.25, 0.3) is 0 Å². The fourth-order valence-electron chi connectivity index (χ4n) is 2.40. The van der Waals surface area contributed by atoms with Gasteiger partial charge in [0.1, 0.15) is 5.82 Å². The van der Waals surface area contributed by atoms with Crippen LogP contribution in [0.15, 0.2) is 18.2 Å². The number of benzene rings is 1. The van der Waals surface area contributed by atoms with Crippen molar-refractivity contribution in [1.29, 1.82) is 0 Å². The van der Waals surface area contributed by atoms with Crippen LogP contribution in [-0.2, 0) is 6.42 Å². The van der Waals surface area contributed by atoms with Crippen molar-refractivity contribution in [2.75, 3.05) is 13.6 Å². The van der Waals surface area contributed by atoms with Gasteiger partial charge in [0, 0.05) is 17.1 Å². The fourth-order valence-corrected chi connectivity index (χ4v) is 2.63. The van der Waals surface area contributed by atoms with Crippen molar-refractivity contribution in [3.63, 3.8) is 0 Å². The quantitative estimate of drug-likeness (QED) is 0.811. The average Bonchev–Trinajstić information content (AvgIpc) is 2.24. The monoisotopic (exact) mass is 257 g/mol. The predicted molar refractivity (Wildman–Crippen MR) is 72.1 cm³/mol. The molecule has 0 aromatic heterocycles. The van der Waals surface area contributed by atoms with Gasteiger partial charge in [-0.3, -0.25) is 0 Å². The Hall–Kier alpha value is -0.600. The first-order valence-corrected chi connectivity index (χ1v) is 6.47. The van der Waals surface area contributed by atoms with E-state index < -0.39 is 0 Å². The van der Waals surface area contributed by atoms with E-state index >= 15 is 0 Å². The number of hydrogen-bond acceptors (Lipinski definition) is 1. The first kappa shape index (κ1) is 14.5. The van der Waals surface area contributed by atoms with E-state index in [1.165, 1.54) is 6.07 Å². The Balaban J connectivity index is 2.93. The smallest absolute Gasteiger partial charge is 0.127 e. The van der Waals surface area contributed by atoms with Gasteiger partial charge in [-0.2, -0.15) is 0 Å². The topological polar surface area (TPSA) is 12.0 Å². The van der Waals surface area contributed by atoms with E-state index in [0.29, 0.717) is 17.0 Å². The molecular formula is C14H21ClFN. The Morgan fingerprint density at radius 3 is 2.65 bits per heavy atom. The molecule has 0 aliphatic carbocycles. The second-order valence-electron chi connectivity index (χ2n) is 4.97. The molecule has 0 saturated carbocycles. The molecule has 17 heavy (non-hydrogen) atoms. The van der Waals surface area contributed by atoms with Crippen molar-refractivity contribution in [3.8, 4) is 0 Å². The largest absolute Gasteiger partial charge is 0.319 e. The van der Waals surface area contributed by atoms with Gasteiger partial charge in [-0.25, -0.2) is 4.39 Å². The van der Waals surface area contributed by atoms with Crippen LogP contribution in [0.2, 0.25) is 5.02 Å². The number of nitrogens with one attached hydrogen (secondary N) is 1. The highest BCUT2D eigenvalue weighted by Gasteiger charge is 2.25. The minimum Gasteiger partial charge on any atom is -0.319 e. The third-order valence-corrected chi connectivity index (χ3v) is 3.48. The highest BCUT2D eigenvalue weighted by Crippen LogP contribution is 2.31. The van der Waals surface area contributed by atoms with Gasteiger partial charge in [0.2, 0.25) is 0 Å². The molecule has 0 saturated heterocycles. The summed E-state index contributed by atoms with van der Waals surface area (Å²) in [5, 5.41) is 3.72. The second-order valence-corrected chi connectivity index (χ2v) is 5.38. The van der Waals surface area contributed by atoms with Crippen molar-refractivity contribution >= 4 is 11.6 Å². The minimum atomic E-state index is -0.198.